The summed E-state index contributed by atoms with van der Waals surface area (Å²) < 4.78 is 1.64. The van der Waals surface area contributed by atoms with Gasteiger partial charge >= 0.3 is 6.03 Å². The van der Waals surface area contributed by atoms with Crippen LogP contribution in [0.2, 0.25) is 0 Å². The largest absolute Gasteiger partial charge is 0.353 e. The van der Waals surface area contributed by atoms with Crippen molar-refractivity contribution in [2.24, 2.45) is 0 Å². The van der Waals surface area contributed by atoms with Gasteiger partial charge in [-0.05, 0) is 60.2 Å². The highest BCUT2D eigenvalue weighted by Crippen LogP contribution is 2.19. The van der Waals surface area contributed by atoms with E-state index in [9.17, 15) is 4.79 Å². The zero-order valence-electron chi connectivity index (χ0n) is 15.9. The molecule has 1 N–H and O–H groups in total. The van der Waals surface area contributed by atoms with Crippen molar-refractivity contribution >= 4 is 17.5 Å². The Morgan fingerprint density at radius 1 is 1.04 bits per heavy atom. The molecule has 1 aliphatic rings. The number of benzene rings is 1. The quantitative estimate of drug-likeness (QED) is 0.750. The minimum Gasteiger partial charge on any atom is -0.353 e. The van der Waals surface area contributed by atoms with E-state index in [1.54, 1.807) is 4.68 Å². The number of urea groups is 1. The van der Waals surface area contributed by atoms with Crippen LogP contribution < -0.4 is 10.2 Å². The summed E-state index contributed by atoms with van der Waals surface area (Å²) in [6.45, 7) is 6.74. The molecule has 1 fully saturated rings. The van der Waals surface area contributed by atoms with Crippen LogP contribution in [0.15, 0.2) is 42.6 Å². The van der Waals surface area contributed by atoms with Gasteiger partial charge in [-0.2, -0.15) is 4.68 Å². The molecule has 4 rings (SSSR count). The average Bonchev–Trinajstić information content (AvgIpc) is 3.15. The Morgan fingerprint density at radius 3 is 2.43 bits per heavy atom. The van der Waals surface area contributed by atoms with Crippen molar-refractivity contribution in [1.29, 1.82) is 0 Å². The fourth-order valence-electron chi connectivity index (χ4n) is 3.29. The van der Waals surface area contributed by atoms with Gasteiger partial charge in [0.1, 0.15) is 5.82 Å². The molecule has 9 heteroatoms. The first kappa shape index (κ1) is 17.9. The molecule has 9 nitrogen and oxygen atoms in total. The first-order valence-electron chi connectivity index (χ1n) is 9.20. The van der Waals surface area contributed by atoms with Crippen LogP contribution in [0.1, 0.15) is 11.4 Å². The fraction of sp³-hybridized carbons (Fsp3) is 0.316. The fourth-order valence-corrected chi connectivity index (χ4v) is 3.29. The number of rotatable bonds is 3. The molecule has 3 aromatic rings. The molecule has 0 aliphatic carbocycles. The first-order chi connectivity index (χ1) is 13.6. The van der Waals surface area contributed by atoms with Gasteiger partial charge in [-0.15, -0.1) is 5.10 Å². The minimum atomic E-state index is -0.0938. The molecule has 1 saturated heterocycles. The van der Waals surface area contributed by atoms with Gasteiger partial charge in [0, 0.05) is 38.1 Å². The smallest absolute Gasteiger partial charge is 0.321 e. The number of hydrogen-bond donors (Lipinski definition) is 1. The SMILES string of the molecule is Cc1cccnc1N1CCN(C(=O)Nc2ccc(-n3nnnc3C)cc2)CC1. The normalized spacial score (nSPS) is 14.2. The molecule has 2 aromatic heterocycles. The van der Waals surface area contributed by atoms with Crippen LogP contribution in [0.25, 0.3) is 5.69 Å². The van der Waals surface area contributed by atoms with Crippen LogP contribution in [0.5, 0.6) is 0 Å². The lowest BCUT2D eigenvalue weighted by Gasteiger charge is -2.35. The van der Waals surface area contributed by atoms with Crippen molar-refractivity contribution in [3.8, 4) is 5.69 Å². The molecular weight excluding hydrogens is 356 g/mol. The third-order valence-corrected chi connectivity index (χ3v) is 4.84. The number of aryl methyl sites for hydroxylation is 2. The summed E-state index contributed by atoms with van der Waals surface area (Å²) in [5, 5.41) is 14.4. The van der Waals surface area contributed by atoms with Gasteiger partial charge in [0.05, 0.1) is 5.69 Å². The molecule has 0 saturated carbocycles. The molecule has 0 bridgehead atoms. The van der Waals surface area contributed by atoms with Crippen molar-refractivity contribution in [2.45, 2.75) is 13.8 Å². The summed E-state index contributed by atoms with van der Waals surface area (Å²) in [7, 11) is 0. The van der Waals surface area contributed by atoms with E-state index in [-0.39, 0.29) is 6.03 Å². The predicted molar refractivity (Wildman–Crippen MR) is 106 cm³/mol. The van der Waals surface area contributed by atoms with Crippen molar-refractivity contribution in [3.05, 3.63) is 54.0 Å². The predicted octanol–water partition coefficient (Wildman–Crippen LogP) is 2.03. The second-order valence-electron chi connectivity index (χ2n) is 6.73. The van der Waals surface area contributed by atoms with E-state index >= 15 is 0 Å². The summed E-state index contributed by atoms with van der Waals surface area (Å²) in [4.78, 5) is 21.1. The Hall–Kier alpha value is -3.49. The van der Waals surface area contributed by atoms with Crippen LogP contribution in [-0.2, 0) is 0 Å². The van der Waals surface area contributed by atoms with E-state index in [0.29, 0.717) is 18.9 Å². The highest BCUT2D eigenvalue weighted by molar-refractivity contribution is 5.89. The van der Waals surface area contributed by atoms with Crippen molar-refractivity contribution in [2.75, 3.05) is 36.4 Å². The third-order valence-electron chi connectivity index (χ3n) is 4.84. The van der Waals surface area contributed by atoms with Gasteiger partial charge in [0.25, 0.3) is 0 Å². The second kappa shape index (κ2) is 7.63. The number of nitrogens with one attached hydrogen (secondary N) is 1. The topological polar surface area (TPSA) is 92.1 Å². The molecular formula is C19H22N8O. The lowest BCUT2D eigenvalue weighted by molar-refractivity contribution is 0.208. The molecule has 0 spiro atoms. The van der Waals surface area contributed by atoms with E-state index < -0.39 is 0 Å². The van der Waals surface area contributed by atoms with Gasteiger partial charge < -0.3 is 15.1 Å². The van der Waals surface area contributed by atoms with Crippen LogP contribution in [0.4, 0.5) is 16.3 Å². The number of aromatic nitrogens is 5. The Kier molecular flexibility index (Phi) is 4.88. The van der Waals surface area contributed by atoms with Crippen LogP contribution in [-0.4, -0.2) is 62.3 Å². The molecule has 1 aliphatic heterocycles. The first-order valence-corrected chi connectivity index (χ1v) is 9.20. The highest BCUT2D eigenvalue weighted by atomic mass is 16.2. The van der Waals surface area contributed by atoms with E-state index in [4.69, 9.17) is 0 Å². The zero-order chi connectivity index (χ0) is 19.5. The molecule has 3 heterocycles. The number of carbonyl (C=O) groups excluding carboxylic acids is 1. The maximum absolute atomic E-state index is 12.6. The van der Waals surface area contributed by atoms with Crippen LogP contribution >= 0.6 is 0 Å². The van der Waals surface area contributed by atoms with E-state index in [1.807, 2.05) is 48.4 Å². The van der Waals surface area contributed by atoms with E-state index in [2.05, 4.69) is 43.7 Å². The number of tetrazole rings is 1. The van der Waals surface area contributed by atoms with Crippen LogP contribution in [0.3, 0.4) is 0 Å². The standard InChI is InChI=1S/C19H22N8O/c1-14-4-3-9-20-18(14)25-10-12-26(13-11-25)19(28)21-16-5-7-17(8-6-16)27-15(2)22-23-24-27/h3-9H,10-13H2,1-2H3,(H,21,28). The third kappa shape index (κ3) is 3.64. The molecule has 0 radical (unpaired) electrons. The Balaban J connectivity index is 1.35. The Morgan fingerprint density at radius 2 is 1.79 bits per heavy atom. The summed E-state index contributed by atoms with van der Waals surface area (Å²) in [6, 6.07) is 11.4. The summed E-state index contributed by atoms with van der Waals surface area (Å²) >= 11 is 0. The number of piperazine rings is 1. The summed E-state index contributed by atoms with van der Waals surface area (Å²) in [6.07, 6.45) is 1.81. The van der Waals surface area contributed by atoms with Gasteiger partial charge in [-0.25, -0.2) is 9.78 Å². The van der Waals surface area contributed by atoms with Gasteiger partial charge in [0.15, 0.2) is 5.82 Å². The van der Waals surface area contributed by atoms with Crippen molar-refractivity contribution in [3.63, 3.8) is 0 Å². The number of pyridine rings is 1. The van der Waals surface area contributed by atoms with E-state index in [1.165, 1.54) is 0 Å². The number of anilines is 2. The maximum Gasteiger partial charge on any atom is 0.321 e. The second-order valence-corrected chi connectivity index (χ2v) is 6.73. The maximum atomic E-state index is 12.6. The average molecular weight is 378 g/mol. The van der Waals surface area contributed by atoms with Gasteiger partial charge in [-0.1, -0.05) is 6.07 Å². The minimum absolute atomic E-state index is 0.0938. The lowest BCUT2D eigenvalue weighted by Crippen LogP contribution is -2.50. The number of hydrogen-bond acceptors (Lipinski definition) is 6. The van der Waals surface area contributed by atoms with E-state index in [0.717, 1.165) is 35.8 Å². The Labute approximate surface area is 163 Å². The van der Waals surface area contributed by atoms with Gasteiger partial charge in [0.2, 0.25) is 0 Å². The molecule has 1 aromatic carbocycles. The van der Waals surface area contributed by atoms with Crippen LogP contribution in [0, 0.1) is 13.8 Å². The lowest BCUT2D eigenvalue weighted by atomic mass is 10.2. The Bertz CT molecular complexity index is 960. The molecule has 144 valence electrons. The summed E-state index contributed by atoms with van der Waals surface area (Å²) in [5.74, 6) is 1.70. The monoisotopic (exact) mass is 378 g/mol. The molecule has 0 unspecified atom stereocenters. The molecule has 0 atom stereocenters. The zero-order valence-corrected chi connectivity index (χ0v) is 15.9. The van der Waals surface area contributed by atoms with Crippen molar-refractivity contribution < 1.29 is 4.79 Å². The number of carbonyl (C=O) groups is 1. The number of amides is 2. The molecule has 28 heavy (non-hydrogen) atoms. The molecule has 2 amide bonds. The van der Waals surface area contributed by atoms with Gasteiger partial charge in [-0.3, -0.25) is 0 Å². The number of nitrogens with zero attached hydrogens (tertiary/aromatic N) is 7. The van der Waals surface area contributed by atoms with Crippen molar-refractivity contribution in [1.82, 2.24) is 30.1 Å². The highest BCUT2D eigenvalue weighted by Gasteiger charge is 2.22. The summed E-state index contributed by atoms with van der Waals surface area (Å²) in [5.41, 5.74) is 2.74.